The molecule has 0 saturated heterocycles. The first-order valence-electron chi connectivity index (χ1n) is 8.64. The van der Waals surface area contributed by atoms with E-state index in [0.29, 0.717) is 21.4 Å². The Kier molecular flexibility index (Phi) is 5.63. The van der Waals surface area contributed by atoms with Crippen molar-refractivity contribution >= 4 is 61.5 Å². The van der Waals surface area contributed by atoms with Crippen LogP contribution >= 0.6 is 34.5 Å². The Morgan fingerprint density at radius 2 is 1.97 bits per heavy atom. The molecule has 0 spiro atoms. The Balaban J connectivity index is 1.81. The Morgan fingerprint density at radius 1 is 1.13 bits per heavy atom. The highest BCUT2D eigenvalue weighted by Crippen LogP contribution is 2.33. The van der Waals surface area contributed by atoms with Crippen molar-refractivity contribution in [3.63, 3.8) is 0 Å². The van der Waals surface area contributed by atoms with Gasteiger partial charge in [-0.15, -0.1) is 0 Å². The van der Waals surface area contributed by atoms with E-state index >= 15 is 0 Å². The molecule has 0 bridgehead atoms. The van der Waals surface area contributed by atoms with Gasteiger partial charge in [0.15, 0.2) is 5.13 Å². The number of nitrogens with zero attached hydrogens (tertiary/aromatic N) is 4. The molecule has 0 unspecified atom stereocenters. The summed E-state index contributed by atoms with van der Waals surface area (Å²) in [5.41, 5.74) is 1.10. The molecule has 150 valence electrons. The summed E-state index contributed by atoms with van der Waals surface area (Å²) in [4.78, 5) is 34.2. The number of halogens is 2. The number of amides is 1. The molecule has 4 aromatic rings. The molecule has 0 aliphatic rings. The maximum absolute atomic E-state index is 13.4. The normalized spacial score (nSPS) is 10.9. The molecule has 0 saturated carbocycles. The lowest BCUT2D eigenvalue weighted by Crippen LogP contribution is -2.31. The van der Waals surface area contributed by atoms with Crippen LogP contribution in [0.2, 0.25) is 10.0 Å². The number of anilines is 1. The summed E-state index contributed by atoms with van der Waals surface area (Å²) in [5.74, 6) is -0.514. The predicted molar refractivity (Wildman–Crippen MR) is 117 cm³/mol. The molecule has 7 nitrogen and oxygen atoms in total. The third-order valence-corrected chi connectivity index (χ3v) is 5.86. The van der Waals surface area contributed by atoms with Crippen LogP contribution in [0, 0.1) is 10.1 Å². The van der Waals surface area contributed by atoms with Gasteiger partial charge in [-0.3, -0.25) is 24.8 Å². The van der Waals surface area contributed by atoms with Crippen molar-refractivity contribution in [2.24, 2.45) is 0 Å². The van der Waals surface area contributed by atoms with E-state index in [1.54, 1.807) is 36.5 Å². The summed E-state index contributed by atoms with van der Waals surface area (Å²) in [7, 11) is 0. The number of aromatic nitrogens is 2. The van der Waals surface area contributed by atoms with Crippen LogP contribution in [0.1, 0.15) is 16.1 Å². The second-order valence-electron chi connectivity index (χ2n) is 6.24. The monoisotopic (exact) mass is 458 g/mol. The summed E-state index contributed by atoms with van der Waals surface area (Å²) >= 11 is 13.6. The van der Waals surface area contributed by atoms with E-state index in [-0.39, 0.29) is 22.8 Å². The lowest BCUT2D eigenvalue weighted by atomic mass is 10.1. The van der Waals surface area contributed by atoms with Gasteiger partial charge in [-0.1, -0.05) is 40.6 Å². The number of carbonyl (C=O) groups excluding carboxylic acids is 1. The van der Waals surface area contributed by atoms with Crippen molar-refractivity contribution in [3.05, 3.63) is 92.2 Å². The Hall–Kier alpha value is -3.07. The van der Waals surface area contributed by atoms with Crippen molar-refractivity contribution < 1.29 is 9.72 Å². The Bertz CT molecular complexity index is 1260. The van der Waals surface area contributed by atoms with E-state index in [2.05, 4.69) is 9.97 Å². The molecule has 1 amide bonds. The quantitative estimate of drug-likeness (QED) is 0.280. The van der Waals surface area contributed by atoms with Crippen LogP contribution in [0.5, 0.6) is 0 Å². The largest absolute Gasteiger partial charge is 0.278 e. The molecule has 4 rings (SSSR count). The first kappa shape index (κ1) is 20.2. The number of non-ortho nitro benzene ring substituents is 1. The number of thiazole rings is 1. The second kappa shape index (κ2) is 8.35. The third kappa shape index (κ3) is 4.11. The van der Waals surface area contributed by atoms with Gasteiger partial charge in [0, 0.05) is 23.4 Å². The molecule has 0 fully saturated rings. The summed E-state index contributed by atoms with van der Waals surface area (Å²) < 4.78 is 0.807. The number of hydrogen-bond donors (Lipinski definition) is 0. The minimum Gasteiger partial charge on any atom is -0.278 e. The average Bonchev–Trinajstić information content (AvgIpc) is 3.15. The zero-order valence-electron chi connectivity index (χ0n) is 15.2. The topological polar surface area (TPSA) is 89.2 Å². The smallest absolute Gasteiger partial charge is 0.270 e. The first-order chi connectivity index (χ1) is 14.4. The highest BCUT2D eigenvalue weighted by Gasteiger charge is 2.25. The number of rotatable bonds is 5. The molecule has 2 aromatic carbocycles. The fourth-order valence-corrected chi connectivity index (χ4v) is 4.26. The highest BCUT2D eigenvalue weighted by atomic mass is 35.5. The zero-order valence-corrected chi connectivity index (χ0v) is 17.5. The van der Waals surface area contributed by atoms with Crippen molar-refractivity contribution in [2.45, 2.75) is 6.54 Å². The minimum atomic E-state index is -0.574. The van der Waals surface area contributed by atoms with Crippen LogP contribution in [-0.4, -0.2) is 20.8 Å². The molecule has 0 N–H and O–H groups in total. The van der Waals surface area contributed by atoms with Crippen LogP contribution in [0.15, 0.2) is 60.8 Å². The van der Waals surface area contributed by atoms with E-state index in [0.717, 1.165) is 4.70 Å². The number of hydrogen-bond acceptors (Lipinski definition) is 6. The van der Waals surface area contributed by atoms with Gasteiger partial charge in [0.25, 0.3) is 11.6 Å². The van der Waals surface area contributed by atoms with Gasteiger partial charge in [-0.2, -0.15) is 0 Å². The minimum absolute atomic E-state index is 0.0130. The van der Waals surface area contributed by atoms with Crippen molar-refractivity contribution in [3.8, 4) is 0 Å². The summed E-state index contributed by atoms with van der Waals surface area (Å²) in [5, 5.41) is 12.2. The SMILES string of the molecule is O=C(c1cc([N+](=O)[O-])ccc1Cl)N(Cc1ccccn1)c1nc2ccc(Cl)cc2s1. The molecular weight excluding hydrogens is 447 g/mol. The molecule has 30 heavy (non-hydrogen) atoms. The van der Waals surface area contributed by atoms with Gasteiger partial charge < -0.3 is 0 Å². The maximum atomic E-state index is 13.4. The zero-order chi connectivity index (χ0) is 21.3. The lowest BCUT2D eigenvalue weighted by molar-refractivity contribution is -0.384. The van der Waals surface area contributed by atoms with Crippen LogP contribution in [0.3, 0.4) is 0 Å². The summed E-state index contributed by atoms with van der Waals surface area (Å²) in [6.45, 7) is 0.117. The molecule has 0 aliphatic heterocycles. The van der Waals surface area contributed by atoms with E-state index in [1.807, 2.05) is 6.07 Å². The number of nitro groups is 1. The number of benzene rings is 2. The van der Waals surface area contributed by atoms with Crippen LogP contribution in [0.25, 0.3) is 10.2 Å². The molecule has 0 aliphatic carbocycles. The third-order valence-electron chi connectivity index (χ3n) is 4.25. The molecule has 0 radical (unpaired) electrons. The molecule has 0 atom stereocenters. The second-order valence-corrected chi connectivity index (χ2v) is 8.09. The predicted octanol–water partition coefficient (Wildman–Crippen LogP) is 5.75. The summed E-state index contributed by atoms with van der Waals surface area (Å²) in [6.07, 6.45) is 1.62. The van der Waals surface area contributed by atoms with Gasteiger partial charge in [0.05, 0.1) is 38.0 Å². The van der Waals surface area contributed by atoms with Crippen molar-refractivity contribution in [2.75, 3.05) is 4.90 Å². The molecule has 2 aromatic heterocycles. The van der Waals surface area contributed by atoms with Gasteiger partial charge in [-0.25, -0.2) is 4.98 Å². The fourth-order valence-electron chi connectivity index (χ4n) is 2.82. The lowest BCUT2D eigenvalue weighted by Gasteiger charge is -2.20. The first-order valence-corrected chi connectivity index (χ1v) is 10.2. The number of fused-ring (bicyclic) bond motifs is 1. The van der Waals surface area contributed by atoms with Gasteiger partial charge in [-0.05, 0) is 36.4 Å². The van der Waals surface area contributed by atoms with E-state index in [4.69, 9.17) is 23.2 Å². The molecular formula is C20H12Cl2N4O3S. The fraction of sp³-hybridized carbons (Fsp3) is 0.0500. The Morgan fingerprint density at radius 3 is 2.70 bits per heavy atom. The Labute approximate surface area is 184 Å². The van der Waals surface area contributed by atoms with Crippen molar-refractivity contribution in [1.29, 1.82) is 0 Å². The van der Waals surface area contributed by atoms with E-state index < -0.39 is 10.8 Å². The van der Waals surface area contributed by atoms with E-state index in [1.165, 1.54) is 34.4 Å². The maximum Gasteiger partial charge on any atom is 0.270 e. The highest BCUT2D eigenvalue weighted by molar-refractivity contribution is 7.22. The number of carbonyl (C=O) groups is 1. The van der Waals surface area contributed by atoms with Gasteiger partial charge in [0.1, 0.15) is 0 Å². The average molecular weight is 459 g/mol. The van der Waals surface area contributed by atoms with Gasteiger partial charge >= 0.3 is 0 Å². The van der Waals surface area contributed by atoms with Crippen LogP contribution in [-0.2, 0) is 6.54 Å². The van der Waals surface area contributed by atoms with Crippen LogP contribution in [0.4, 0.5) is 10.8 Å². The molecule has 2 heterocycles. The standard InChI is InChI=1S/C20H12Cl2N4O3S/c21-12-4-7-17-18(9-12)30-20(24-17)25(11-13-3-1-2-8-23-13)19(27)15-10-14(26(28)29)5-6-16(15)22/h1-10H,11H2. The molecule has 10 heteroatoms. The van der Waals surface area contributed by atoms with Crippen LogP contribution < -0.4 is 4.90 Å². The van der Waals surface area contributed by atoms with E-state index in [9.17, 15) is 14.9 Å². The van der Waals surface area contributed by atoms with Crippen molar-refractivity contribution in [1.82, 2.24) is 9.97 Å². The number of pyridine rings is 1. The number of nitro benzene ring substituents is 1. The van der Waals surface area contributed by atoms with Gasteiger partial charge in [0.2, 0.25) is 0 Å². The summed E-state index contributed by atoms with van der Waals surface area (Å²) in [6, 6.07) is 14.4.